The van der Waals surface area contributed by atoms with E-state index in [-0.39, 0.29) is 0 Å². The third-order valence-corrected chi connectivity index (χ3v) is 3.91. The Kier molecular flexibility index (Phi) is 6.97. The van der Waals surface area contributed by atoms with Gasteiger partial charge in [0.1, 0.15) is 0 Å². The van der Waals surface area contributed by atoms with E-state index in [4.69, 9.17) is 5.26 Å². The van der Waals surface area contributed by atoms with Crippen LogP contribution in [0.15, 0.2) is 58.8 Å². The van der Waals surface area contributed by atoms with Crippen molar-refractivity contribution in [2.24, 2.45) is 10.2 Å². The summed E-state index contributed by atoms with van der Waals surface area (Å²) >= 11 is 0. The van der Waals surface area contributed by atoms with Gasteiger partial charge in [-0.25, -0.2) is 0 Å². The van der Waals surface area contributed by atoms with Crippen molar-refractivity contribution in [1.29, 1.82) is 5.26 Å². The van der Waals surface area contributed by atoms with E-state index in [0.717, 1.165) is 24.5 Å². The molecule has 0 radical (unpaired) electrons. The van der Waals surface area contributed by atoms with Crippen LogP contribution in [0.25, 0.3) is 0 Å². The smallest absolute Gasteiger partial charge is 0.0991 e. The van der Waals surface area contributed by atoms with Crippen molar-refractivity contribution in [3.63, 3.8) is 0 Å². The Morgan fingerprint density at radius 2 is 1.46 bits per heavy atom. The van der Waals surface area contributed by atoms with Gasteiger partial charge in [-0.2, -0.15) is 15.5 Å². The molecule has 4 heteroatoms. The van der Waals surface area contributed by atoms with Crippen LogP contribution in [0.4, 0.5) is 17.1 Å². The molecular weight excluding hydrogens is 296 g/mol. The maximum absolute atomic E-state index is 8.79. The minimum Gasteiger partial charge on any atom is -0.372 e. The molecule has 0 aliphatic heterocycles. The number of rotatable bonds is 8. The Hall–Kier alpha value is -2.67. The molecule has 0 aliphatic rings. The molecule has 2 aromatic carbocycles. The van der Waals surface area contributed by atoms with Crippen molar-refractivity contribution in [2.75, 3.05) is 18.0 Å². The number of unbranched alkanes of at least 4 members (excludes halogenated alkanes) is 2. The number of azo groups is 1. The molecule has 0 aliphatic carbocycles. The highest BCUT2D eigenvalue weighted by Gasteiger charge is 2.03. The normalized spacial score (nSPS) is 10.7. The predicted molar refractivity (Wildman–Crippen MR) is 99.2 cm³/mol. The van der Waals surface area contributed by atoms with E-state index in [1.54, 1.807) is 24.3 Å². The van der Waals surface area contributed by atoms with Crippen molar-refractivity contribution in [3.8, 4) is 6.07 Å². The van der Waals surface area contributed by atoms with Crippen molar-refractivity contribution >= 4 is 17.1 Å². The van der Waals surface area contributed by atoms with Crippen LogP contribution in [0.1, 0.15) is 38.7 Å². The van der Waals surface area contributed by atoms with Crippen LogP contribution in [0.5, 0.6) is 0 Å². The molecule has 24 heavy (non-hydrogen) atoms. The first kappa shape index (κ1) is 17.7. The quantitative estimate of drug-likeness (QED) is 0.443. The number of hydrogen-bond donors (Lipinski definition) is 0. The second-order valence-electron chi connectivity index (χ2n) is 5.66. The van der Waals surface area contributed by atoms with Gasteiger partial charge >= 0.3 is 0 Å². The van der Waals surface area contributed by atoms with Crippen molar-refractivity contribution < 1.29 is 0 Å². The van der Waals surface area contributed by atoms with Gasteiger partial charge in [-0.3, -0.25) is 0 Å². The van der Waals surface area contributed by atoms with Gasteiger partial charge in [-0.15, -0.1) is 0 Å². The van der Waals surface area contributed by atoms with Gasteiger partial charge in [-0.1, -0.05) is 19.8 Å². The Morgan fingerprint density at radius 1 is 0.875 bits per heavy atom. The molecule has 4 nitrogen and oxygen atoms in total. The van der Waals surface area contributed by atoms with Crippen LogP contribution < -0.4 is 4.90 Å². The summed E-state index contributed by atoms with van der Waals surface area (Å²) in [5.74, 6) is 0. The highest BCUT2D eigenvalue weighted by atomic mass is 15.1. The van der Waals surface area contributed by atoms with Gasteiger partial charge in [0.2, 0.25) is 0 Å². The molecule has 0 unspecified atom stereocenters. The van der Waals surface area contributed by atoms with E-state index in [9.17, 15) is 0 Å². The number of nitrogens with zero attached hydrogens (tertiary/aromatic N) is 4. The average Bonchev–Trinajstić information content (AvgIpc) is 2.65. The largest absolute Gasteiger partial charge is 0.372 e. The third kappa shape index (κ3) is 5.20. The lowest BCUT2D eigenvalue weighted by Crippen LogP contribution is -2.23. The van der Waals surface area contributed by atoms with Crippen molar-refractivity contribution in [1.82, 2.24) is 0 Å². The summed E-state index contributed by atoms with van der Waals surface area (Å²) in [5, 5.41) is 17.3. The standard InChI is InChI=1S/C20H24N4/c1-3-5-6-15-24(4-2)20-13-11-19(12-14-20)23-22-18-9-7-17(16-21)8-10-18/h7-14H,3-6,15H2,1-2H3. The summed E-state index contributed by atoms with van der Waals surface area (Å²) in [7, 11) is 0. The molecule has 0 bridgehead atoms. The van der Waals surface area contributed by atoms with E-state index >= 15 is 0 Å². The number of hydrogen-bond acceptors (Lipinski definition) is 4. The summed E-state index contributed by atoms with van der Waals surface area (Å²) < 4.78 is 0. The zero-order valence-corrected chi connectivity index (χ0v) is 14.4. The first-order chi connectivity index (χ1) is 11.8. The maximum atomic E-state index is 8.79. The monoisotopic (exact) mass is 320 g/mol. The van der Waals surface area contributed by atoms with E-state index < -0.39 is 0 Å². The fraction of sp³-hybridized carbons (Fsp3) is 0.350. The second-order valence-corrected chi connectivity index (χ2v) is 5.66. The lowest BCUT2D eigenvalue weighted by atomic mass is 10.2. The molecule has 2 rings (SSSR count). The predicted octanol–water partition coefficient (Wildman–Crippen LogP) is 5.99. The van der Waals surface area contributed by atoms with Crippen LogP contribution in [0.2, 0.25) is 0 Å². The summed E-state index contributed by atoms with van der Waals surface area (Å²) in [5.41, 5.74) is 3.42. The average molecular weight is 320 g/mol. The SMILES string of the molecule is CCCCCN(CC)c1ccc(N=Nc2ccc(C#N)cc2)cc1. The molecule has 0 aromatic heterocycles. The highest BCUT2D eigenvalue weighted by molar-refractivity contribution is 5.53. The minimum atomic E-state index is 0.626. The fourth-order valence-corrected chi connectivity index (χ4v) is 2.47. The van der Waals surface area contributed by atoms with E-state index in [2.05, 4.69) is 47.2 Å². The molecule has 0 heterocycles. The van der Waals surface area contributed by atoms with Gasteiger partial charge in [0.05, 0.1) is 23.0 Å². The topological polar surface area (TPSA) is 51.8 Å². The minimum absolute atomic E-state index is 0.626. The third-order valence-electron chi connectivity index (χ3n) is 3.91. The van der Waals surface area contributed by atoms with Crippen molar-refractivity contribution in [2.45, 2.75) is 33.1 Å². The first-order valence-electron chi connectivity index (χ1n) is 8.53. The first-order valence-corrected chi connectivity index (χ1v) is 8.53. The zero-order chi connectivity index (χ0) is 17.2. The maximum Gasteiger partial charge on any atom is 0.0991 e. The van der Waals surface area contributed by atoms with Gasteiger partial charge in [0.15, 0.2) is 0 Å². The van der Waals surface area contributed by atoms with E-state index in [0.29, 0.717) is 5.56 Å². The van der Waals surface area contributed by atoms with Gasteiger partial charge in [-0.05, 0) is 61.9 Å². The second kappa shape index (κ2) is 9.46. The molecule has 2 aromatic rings. The number of nitriles is 1. The molecule has 0 amide bonds. The van der Waals surface area contributed by atoms with Crippen LogP contribution in [-0.2, 0) is 0 Å². The summed E-state index contributed by atoms with van der Waals surface area (Å²) in [6.45, 7) is 6.51. The summed E-state index contributed by atoms with van der Waals surface area (Å²) in [6, 6.07) is 17.3. The Bertz CT molecular complexity index is 681. The Labute approximate surface area is 144 Å². The van der Waals surface area contributed by atoms with Crippen LogP contribution in [0, 0.1) is 11.3 Å². The zero-order valence-electron chi connectivity index (χ0n) is 14.4. The van der Waals surface area contributed by atoms with Gasteiger partial charge in [0, 0.05) is 18.8 Å². The Morgan fingerprint density at radius 3 is 1.96 bits per heavy atom. The molecule has 0 atom stereocenters. The number of anilines is 1. The lowest BCUT2D eigenvalue weighted by molar-refractivity contribution is 0.685. The Balaban J connectivity index is 1.99. The van der Waals surface area contributed by atoms with E-state index in [1.165, 1.54) is 24.9 Å². The van der Waals surface area contributed by atoms with Crippen LogP contribution in [0.3, 0.4) is 0 Å². The molecule has 0 saturated carbocycles. The molecule has 0 spiro atoms. The lowest BCUT2D eigenvalue weighted by Gasteiger charge is -2.23. The van der Waals surface area contributed by atoms with E-state index in [1.807, 2.05) is 12.1 Å². The molecule has 124 valence electrons. The molecule has 0 N–H and O–H groups in total. The van der Waals surface area contributed by atoms with Crippen molar-refractivity contribution in [3.05, 3.63) is 54.1 Å². The summed E-state index contributed by atoms with van der Waals surface area (Å²) in [4.78, 5) is 2.39. The van der Waals surface area contributed by atoms with Crippen LogP contribution in [-0.4, -0.2) is 13.1 Å². The van der Waals surface area contributed by atoms with Gasteiger partial charge in [0.25, 0.3) is 0 Å². The summed E-state index contributed by atoms with van der Waals surface area (Å²) in [6.07, 6.45) is 3.74. The molecule has 0 saturated heterocycles. The molecule has 0 fully saturated rings. The molecular formula is C20H24N4. The van der Waals surface area contributed by atoms with Gasteiger partial charge < -0.3 is 4.90 Å². The number of benzene rings is 2. The van der Waals surface area contributed by atoms with Crippen LogP contribution >= 0.6 is 0 Å². The highest BCUT2D eigenvalue weighted by Crippen LogP contribution is 2.22. The fourth-order valence-electron chi connectivity index (χ4n) is 2.47.